The number of anilines is 1. The molecule has 2 amide bonds. The summed E-state index contributed by atoms with van der Waals surface area (Å²) in [7, 11) is 0. The van der Waals surface area contributed by atoms with Gasteiger partial charge in [-0.3, -0.25) is 9.59 Å². The van der Waals surface area contributed by atoms with Gasteiger partial charge in [-0.2, -0.15) is 0 Å². The molecule has 26 heavy (non-hydrogen) atoms. The van der Waals surface area contributed by atoms with Crippen LogP contribution in [0.4, 0.5) is 5.69 Å². The van der Waals surface area contributed by atoms with Crippen LogP contribution in [-0.2, 0) is 16.0 Å². The van der Waals surface area contributed by atoms with Crippen molar-refractivity contribution in [3.8, 4) is 0 Å². The van der Waals surface area contributed by atoms with Crippen LogP contribution in [0.5, 0.6) is 0 Å². The normalized spacial score (nSPS) is 14.6. The van der Waals surface area contributed by atoms with Crippen molar-refractivity contribution in [1.29, 1.82) is 0 Å². The number of nitrogens with one attached hydrogen (secondary N) is 2. The Labute approximate surface area is 162 Å². The van der Waals surface area contributed by atoms with E-state index < -0.39 is 5.41 Å². The van der Waals surface area contributed by atoms with Crippen molar-refractivity contribution in [2.75, 3.05) is 11.9 Å². The van der Waals surface area contributed by atoms with E-state index in [1.807, 2.05) is 37.3 Å². The Morgan fingerprint density at radius 3 is 2.50 bits per heavy atom. The van der Waals surface area contributed by atoms with Crippen LogP contribution in [-0.4, -0.2) is 18.4 Å². The summed E-state index contributed by atoms with van der Waals surface area (Å²) in [4.78, 5) is 25.1. The van der Waals surface area contributed by atoms with Crippen LogP contribution in [0.1, 0.15) is 24.0 Å². The topological polar surface area (TPSA) is 58.2 Å². The number of aryl methyl sites for hydroxylation is 1. The van der Waals surface area contributed by atoms with Gasteiger partial charge < -0.3 is 10.6 Å². The molecule has 0 heterocycles. The maximum Gasteiger partial charge on any atom is 0.240 e. The van der Waals surface area contributed by atoms with Crippen molar-refractivity contribution in [3.63, 3.8) is 0 Å². The van der Waals surface area contributed by atoms with E-state index in [1.165, 1.54) is 0 Å². The molecule has 2 aromatic rings. The average Bonchev–Trinajstić information content (AvgIpc) is 3.39. The number of amides is 2. The van der Waals surface area contributed by atoms with Gasteiger partial charge in [0, 0.05) is 22.3 Å². The van der Waals surface area contributed by atoms with Gasteiger partial charge in [0.2, 0.25) is 11.8 Å². The molecular weight excluding hydrogens is 371 g/mol. The summed E-state index contributed by atoms with van der Waals surface area (Å²) < 4.78 is 0. The number of rotatable bonds is 6. The number of hydrogen-bond donors (Lipinski definition) is 2. The van der Waals surface area contributed by atoms with Gasteiger partial charge >= 0.3 is 0 Å². The highest BCUT2D eigenvalue weighted by atomic mass is 35.5. The monoisotopic (exact) mass is 390 g/mol. The summed E-state index contributed by atoms with van der Waals surface area (Å²) in [5, 5.41) is 6.87. The van der Waals surface area contributed by atoms with Crippen LogP contribution in [0.25, 0.3) is 0 Å². The van der Waals surface area contributed by atoms with Crippen LogP contribution in [0.15, 0.2) is 42.5 Å². The van der Waals surface area contributed by atoms with Gasteiger partial charge in [0.15, 0.2) is 0 Å². The predicted octanol–water partition coefficient (Wildman–Crippen LogP) is 4.38. The zero-order valence-corrected chi connectivity index (χ0v) is 16.0. The highest BCUT2D eigenvalue weighted by Crippen LogP contribution is 2.46. The summed E-state index contributed by atoms with van der Waals surface area (Å²) in [5.41, 5.74) is 1.72. The molecule has 136 valence electrons. The van der Waals surface area contributed by atoms with E-state index in [2.05, 4.69) is 10.6 Å². The summed E-state index contributed by atoms with van der Waals surface area (Å²) in [6, 6.07) is 12.8. The first-order valence-electron chi connectivity index (χ1n) is 8.51. The number of carbonyl (C=O) groups excluding carboxylic acids is 2. The van der Waals surface area contributed by atoms with E-state index in [4.69, 9.17) is 23.2 Å². The van der Waals surface area contributed by atoms with Gasteiger partial charge in [0.1, 0.15) is 5.41 Å². The fraction of sp³-hybridized carbons (Fsp3) is 0.300. The number of hydrogen-bond acceptors (Lipinski definition) is 2. The van der Waals surface area contributed by atoms with E-state index in [0.717, 1.165) is 11.1 Å². The smallest absolute Gasteiger partial charge is 0.240 e. The summed E-state index contributed by atoms with van der Waals surface area (Å²) in [6.07, 6.45) is 1.72. The molecule has 0 atom stereocenters. The Hall–Kier alpha value is -2.04. The van der Waals surface area contributed by atoms with Gasteiger partial charge in [-0.1, -0.05) is 41.4 Å². The number of halogens is 2. The zero-order chi connectivity index (χ0) is 18.7. The quantitative estimate of drug-likeness (QED) is 0.718. The SMILES string of the molecule is Cc1cccc(NC(=O)C2(C(=O)NCCc3ccc(Cl)cc3Cl)CC2)c1. The Kier molecular flexibility index (Phi) is 5.54. The molecule has 0 aliphatic heterocycles. The lowest BCUT2D eigenvalue weighted by atomic mass is 10.0. The van der Waals surface area contributed by atoms with Gasteiger partial charge in [-0.25, -0.2) is 0 Å². The Balaban J connectivity index is 1.56. The van der Waals surface area contributed by atoms with Crippen LogP contribution in [0.3, 0.4) is 0 Å². The number of carbonyl (C=O) groups is 2. The standard InChI is InChI=1S/C20H20Cl2N2O2/c1-13-3-2-4-16(11-13)24-19(26)20(8-9-20)18(25)23-10-7-14-5-6-15(21)12-17(14)22/h2-6,11-12H,7-10H2,1H3,(H,23,25)(H,24,26). The van der Waals surface area contributed by atoms with E-state index in [-0.39, 0.29) is 11.8 Å². The molecule has 0 spiro atoms. The molecule has 0 aromatic heterocycles. The minimum atomic E-state index is -0.951. The van der Waals surface area contributed by atoms with E-state index in [0.29, 0.717) is 41.5 Å². The molecule has 0 bridgehead atoms. The lowest BCUT2D eigenvalue weighted by Gasteiger charge is -2.16. The van der Waals surface area contributed by atoms with E-state index in [9.17, 15) is 9.59 Å². The fourth-order valence-corrected chi connectivity index (χ4v) is 3.36. The second-order valence-electron chi connectivity index (χ2n) is 6.65. The first-order valence-corrected chi connectivity index (χ1v) is 9.27. The Morgan fingerprint density at radius 1 is 1.08 bits per heavy atom. The molecule has 0 unspecified atom stereocenters. The molecule has 3 rings (SSSR count). The second kappa shape index (κ2) is 7.68. The van der Waals surface area contributed by atoms with Crippen LogP contribution >= 0.6 is 23.2 Å². The van der Waals surface area contributed by atoms with Crippen molar-refractivity contribution in [2.45, 2.75) is 26.2 Å². The van der Waals surface area contributed by atoms with Crippen LogP contribution < -0.4 is 10.6 Å². The summed E-state index contributed by atoms with van der Waals surface area (Å²) in [6.45, 7) is 2.37. The third-order valence-corrected chi connectivity index (χ3v) is 5.18. The molecule has 6 heteroatoms. The third kappa shape index (κ3) is 4.19. The molecule has 0 radical (unpaired) electrons. The maximum absolute atomic E-state index is 12.6. The molecular formula is C20H20Cl2N2O2. The van der Waals surface area contributed by atoms with Gasteiger partial charge in [-0.15, -0.1) is 0 Å². The van der Waals surface area contributed by atoms with Crippen LogP contribution in [0.2, 0.25) is 10.0 Å². The van der Waals surface area contributed by atoms with Gasteiger partial charge in [-0.05, 0) is 61.6 Å². The summed E-state index contributed by atoms with van der Waals surface area (Å²) >= 11 is 12.0. The maximum atomic E-state index is 12.6. The van der Waals surface area contributed by atoms with Gasteiger partial charge in [0.05, 0.1) is 0 Å². The largest absolute Gasteiger partial charge is 0.355 e. The minimum Gasteiger partial charge on any atom is -0.355 e. The zero-order valence-electron chi connectivity index (χ0n) is 14.4. The third-order valence-electron chi connectivity index (χ3n) is 4.59. The molecule has 1 aliphatic rings. The predicted molar refractivity (Wildman–Crippen MR) is 105 cm³/mol. The highest BCUT2D eigenvalue weighted by molar-refractivity contribution is 6.35. The van der Waals surface area contributed by atoms with Crippen molar-refractivity contribution in [3.05, 3.63) is 63.6 Å². The number of benzene rings is 2. The Bertz CT molecular complexity index is 847. The highest BCUT2D eigenvalue weighted by Gasteiger charge is 2.56. The molecule has 2 N–H and O–H groups in total. The van der Waals surface area contributed by atoms with E-state index >= 15 is 0 Å². The fourth-order valence-electron chi connectivity index (χ4n) is 2.86. The molecule has 1 fully saturated rings. The molecule has 2 aromatic carbocycles. The Morgan fingerprint density at radius 2 is 1.85 bits per heavy atom. The second-order valence-corrected chi connectivity index (χ2v) is 7.49. The summed E-state index contributed by atoms with van der Waals surface area (Å²) in [5.74, 6) is -0.474. The molecule has 1 saturated carbocycles. The minimum absolute atomic E-state index is 0.229. The van der Waals surface area contributed by atoms with Crippen molar-refractivity contribution in [1.82, 2.24) is 5.32 Å². The average molecular weight is 391 g/mol. The first-order chi connectivity index (χ1) is 12.4. The lowest BCUT2D eigenvalue weighted by molar-refractivity contribution is -0.134. The van der Waals surface area contributed by atoms with E-state index in [1.54, 1.807) is 12.1 Å². The van der Waals surface area contributed by atoms with Crippen molar-refractivity contribution >= 4 is 40.7 Å². The molecule has 1 aliphatic carbocycles. The molecule has 4 nitrogen and oxygen atoms in total. The van der Waals surface area contributed by atoms with Crippen molar-refractivity contribution in [2.24, 2.45) is 5.41 Å². The van der Waals surface area contributed by atoms with Gasteiger partial charge in [0.25, 0.3) is 0 Å². The first kappa shape index (κ1) is 18.7. The van der Waals surface area contributed by atoms with Crippen molar-refractivity contribution < 1.29 is 9.59 Å². The lowest BCUT2D eigenvalue weighted by Crippen LogP contribution is -2.40. The van der Waals surface area contributed by atoms with Crippen LogP contribution in [0, 0.1) is 12.3 Å². The molecule has 0 saturated heterocycles.